The summed E-state index contributed by atoms with van der Waals surface area (Å²) in [5.41, 5.74) is 5.50. The molecule has 30 heavy (non-hydrogen) atoms. The number of rotatable bonds is 4. The van der Waals surface area contributed by atoms with Crippen LogP contribution in [0, 0.1) is 17.2 Å². The fourth-order valence-electron chi connectivity index (χ4n) is 5.68. The molecule has 5 rings (SSSR count). The first kappa shape index (κ1) is 19.4. The lowest BCUT2D eigenvalue weighted by atomic mass is 9.68. The molecular formula is C21H28FN5O3. The number of ether oxygens (including phenoxy) is 1. The highest BCUT2D eigenvalue weighted by atomic mass is 19.1. The highest BCUT2D eigenvalue weighted by Crippen LogP contribution is 2.50. The second-order valence-corrected chi connectivity index (χ2v) is 9.09. The summed E-state index contributed by atoms with van der Waals surface area (Å²) in [4.78, 5) is 27.5. The minimum Gasteiger partial charge on any atom is -0.492 e. The Balaban J connectivity index is 1.75. The van der Waals surface area contributed by atoms with Crippen LogP contribution in [0.2, 0.25) is 0 Å². The van der Waals surface area contributed by atoms with Crippen LogP contribution < -0.4 is 32.5 Å². The normalized spacial score (nSPS) is 26.2. The van der Waals surface area contributed by atoms with E-state index in [2.05, 4.69) is 0 Å². The van der Waals surface area contributed by atoms with Gasteiger partial charge in [0.15, 0.2) is 11.6 Å². The molecule has 2 aliphatic carbocycles. The summed E-state index contributed by atoms with van der Waals surface area (Å²) >= 11 is 0. The van der Waals surface area contributed by atoms with Gasteiger partial charge in [-0.15, -0.1) is 0 Å². The molecule has 2 unspecified atom stereocenters. The molecule has 9 heteroatoms. The van der Waals surface area contributed by atoms with Crippen molar-refractivity contribution in [1.82, 2.24) is 9.24 Å². The third-order valence-corrected chi connectivity index (χ3v) is 7.41. The van der Waals surface area contributed by atoms with Gasteiger partial charge in [-0.05, 0) is 44.2 Å². The van der Waals surface area contributed by atoms with Crippen LogP contribution in [0.1, 0.15) is 44.6 Å². The van der Waals surface area contributed by atoms with Gasteiger partial charge in [-0.3, -0.25) is 9.36 Å². The Hall–Kier alpha value is -2.55. The molecule has 0 bridgehead atoms. The second-order valence-electron chi connectivity index (χ2n) is 9.09. The van der Waals surface area contributed by atoms with Crippen LogP contribution in [0.15, 0.2) is 15.7 Å². The second kappa shape index (κ2) is 6.73. The van der Waals surface area contributed by atoms with E-state index in [0.717, 1.165) is 38.5 Å². The Labute approximate surface area is 173 Å². The largest absolute Gasteiger partial charge is 0.492 e. The van der Waals surface area contributed by atoms with E-state index in [1.807, 2.05) is 4.90 Å². The zero-order valence-electron chi connectivity index (χ0n) is 17.2. The number of nitrogens with two attached hydrogens (primary N) is 2. The topological polar surface area (TPSA) is 109 Å². The molecule has 0 spiro atoms. The van der Waals surface area contributed by atoms with Gasteiger partial charge in [0.05, 0.1) is 12.5 Å². The lowest BCUT2D eigenvalue weighted by molar-refractivity contribution is 0.160. The number of hydrogen-bond donors (Lipinski definition) is 2. The molecule has 1 aromatic carbocycles. The molecule has 1 saturated heterocycles. The predicted molar refractivity (Wildman–Crippen MR) is 113 cm³/mol. The van der Waals surface area contributed by atoms with Gasteiger partial charge in [0.25, 0.3) is 5.56 Å². The van der Waals surface area contributed by atoms with Gasteiger partial charge in [-0.1, -0.05) is 12.8 Å². The Kier molecular flexibility index (Phi) is 4.36. The van der Waals surface area contributed by atoms with Crippen LogP contribution in [0.3, 0.4) is 0 Å². The van der Waals surface area contributed by atoms with Crippen LogP contribution in [-0.2, 0) is 0 Å². The van der Waals surface area contributed by atoms with E-state index < -0.39 is 17.1 Å². The van der Waals surface area contributed by atoms with E-state index >= 15 is 4.39 Å². The van der Waals surface area contributed by atoms with Gasteiger partial charge in [-0.25, -0.2) is 9.18 Å². The van der Waals surface area contributed by atoms with Crippen molar-refractivity contribution in [2.24, 2.45) is 17.1 Å². The van der Waals surface area contributed by atoms with E-state index in [1.165, 1.54) is 17.7 Å². The van der Waals surface area contributed by atoms with Crippen molar-refractivity contribution in [3.8, 4) is 5.75 Å². The van der Waals surface area contributed by atoms with Gasteiger partial charge in [0, 0.05) is 24.5 Å². The van der Waals surface area contributed by atoms with E-state index in [0.29, 0.717) is 41.4 Å². The number of anilines is 1. The highest BCUT2D eigenvalue weighted by molar-refractivity contribution is 5.91. The monoisotopic (exact) mass is 417 g/mol. The van der Waals surface area contributed by atoms with Crippen molar-refractivity contribution in [1.29, 1.82) is 0 Å². The van der Waals surface area contributed by atoms with Gasteiger partial charge in [0.2, 0.25) is 0 Å². The maximum absolute atomic E-state index is 15.5. The average Bonchev–Trinajstić information content (AvgIpc) is 3.50. The fourth-order valence-corrected chi connectivity index (χ4v) is 5.68. The SMILES string of the molecule is COc1c(N2CC3CCCCC3(CN)C2)c(F)cc2c(=O)n(N)c(=O)n(C3CC3)c12. The minimum absolute atomic E-state index is 0.0263. The predicted octanol–water partition coefficient (Wildman–Crippen LogP) is 1.31. The molecule has 3 aliphatic rings. The van der Waals surface area contributed by atoms with Crippen LogP contribution in [-0.4, -0.2) is 36.0 Å². The molecule has 0 amide bonds. The molecule has 0 radical (unpaired) electrons. The third kappa shape index (κ3) is 2.60. The lowest BCUT2D eigenvalue weighted by Gasteiger charge is -2.37. The van der Waals surface area contributed by atoms with E-state index in [1.54, 1.807) is 0 Å². The van der Waals surface area contributed by atoms with Crippen LogP contribution >= 0.6 is 0 Å². The van der Waals surface area contributed by atoms with Crippen molar-refractivity contribution in [2.45, 2.75) is 44.6 Å². The van der Waals surface area contributed by atoms with Gasteiger partial charge in [0.1, 0.15) is 11.2 Å². The molecule has 2 aromatic rings. The minimum atomic E-state index is -0.718. The summed E-state index contributed by atoms with van der Waals surface area (Å²) in [7, 11) is 1.45. The summed E-state index contributed by atoms with van der Waals surface area (Å²) in [6.45, 7) is 1.91. The standard InChI is InChI=1S/C21H28FN5O3/c1-30-18-16-14(19(28)27(24)20(29)26(16)13-5-6-13)8-15(22)17(18)25-9-12-4-2-3-7-21(12,10-23)11-25/h8,12-13H,2-7,9-11,23-24H2,1H3. The van der Waals surface area contributed by atoms with Gasteiger partial charge < -0.3 is 21.2 Å². The Bertz CT molecular complexity index is 1140. The molecule has 2 atom stereocenters. The van der Waals surface area contributed by atoms with Crippen molar-refractivity contribution in [2.75, 3.05) is 37.5 Å². The number of fused-ring (bicyclic) bond motifs is 2. The number of halogens is 1. The van der Waals surface area contributed by atoms with Crippen molar-refractivity contribution < 1.29 is 9.13 Å². The van der Waals surface area contributed by atoms with Crippen molar-refractivity contribution in [3.63, 3.8) is 0 Å². The van der Waals surface area contributed by atoms with Crippen molar-refractivity contribution >= 4 is 16.6 Å². The van der Waals surface area contributed by atoms with Crippen LogP contribution in [0.4, 0.5) is 10.1 Å². The molecule has 4 N–H and O–H groups in total. The third-order valence-electron chi connectivity index (χ3n) is 7.41. The molecular weight excluding hydrogens is 389 g/mol. The number of methoxy groups -OCH3 is 1. The van der Waals surface area contributed by atoms with Crippen molar-refractivity contribution in [3.05, 3.63) is 32.7 Å². The average molecular weight is 417 g/mol. The van der Waals surface area contributed by atoms with E-state index in [4.69, 9.17) is 16.3 Å². The molecule has 8 nitrogen and oxygen atoms in total. The summed E-state index contributed by atoms with van der Waals surface area (Å²) in [6.07, 6.45) is 6.03. The van der Waals surface area contributed by atoms with E-state index in [9.17, 15) is 9.59 Å². The summed E-state index contributed by atoms with van der Waals surface area (Å²) < 4.78 is 23.2. The number of nitrogen functional groups attached to an aromatic ring is 1. The number of hydrogen-bond acceptors (Lipinski definition) is 6. The molecule has 3 fully saturated rings. The van der Waals surface area contributed by atoms with Crippen LogP contribution in [0.5, 0.6) is 5.75 Å². The fraction of sp³-hybridized carbons (Fsp3) is 0.619. The summed E-state index contributed by atoms with van der Waals surface area (Å²) in [5.74, 6) is 5.81. The maximum Gasteiger partial charge on any atom is 0.350 e. The first-order valence-corrected chi connectivity index (χ1v) is 10.7. The van der Waals surface area contributed by atoms with Crippen LogP contribution in [0.25, 0.3) is 10.9 Å². The Morgan fingerprint density at radius 2 is 2.03 bits per heavy atom. The Morgan fingerprint density at radius 3 is 2.67 bits per heavy atom. The quantitative estimate of drug-likeness (QED) is 0.727. The van der Waals surface area contributed by atoms with Gasteiger partial charge >= 0.3 is 5.69 Å². The molecule has 1 aliphatic heterocycles. The smallest absolute Gasteiger partial charge is 0.350 e. The lowest BCUT2D eigenvalue weighted by Crippen LogP contribution is -2.44. The molecule has 2 heterocycles. The zero-order chi connectivity index (χ0) is 21.2. The number of nitrogens with zero attached hydrogens (tertiary/aromatic N) is 3. The molecule has 162 valence electrons. The number of aromatic nitrogens is 2. The first-order valence-electron chi connectivity index (χ1n) is 10.7. The Morgan fingerprint density at radius 1 is 1.27 bits per heavy atom. The first-order chi connectivity index (χ1) is 14.4. The molecule has 1 aromatic heterocycles. The maximum atomic E-state index is 15.5. The zero-order valence-corrected chi connectivity index (χ0v) is 17.2. The highest BCUT2D eigenvalue weighted by Gasteiger charge is 2.48. The van der Waals surface area contributed by atoms with E-state index in [-0.39, 0.29) is 22.6 Å². The summed E-state index contributed by atoms with van der Waals surface area (Å²) in [6, 6.07) is 1.15. The number of benzene rings is 1. The summed E-state index contributed by atoms with van der Waals surface area (Å²) in [5, 5.41) is 0.0623. The van der Waals surface area contributed by atoms with Gasteiger partial charge in [-0.2, -0.15) is 4.68 Å². The molecule has 2 saturated carbocycles.